The molecule has 0 saturated carbocycles. The van der Waals surface area contributed by atoms with E-state index < -0.39 is 10.0 Å². The summed E-state index contributed by atoms with van der Waals surface area (Å²) in [5.74, 6) is 1.71. The number of benzene rings is 2. The van der Waals surface area contributed by atoms with Crippen molar-refractivity contribution in [2.45, 2.75) is 23.4 Å². The molecule has 2 atom stereocenters. The van der Waals surface area contributed by atoms with E-state index in [-0.39, 0.29) is 17.0 Å². The number of ether oxygens (including phenoxy) is 1. The lowest BCUT2D eigenvalue weighted by Gasteiger charge is -2.14. The summed E-state index contributed by atoms with van der Waals surface area (Å²) in [6.07, 6.45) is 0.548. The zero-order valence-corrected chi connectivity index (χ0v) is 17.0. The van der Waals surface area contributed by atoms with E-state index in [0.29, 0.717) is 24.7 Å². The van der Waals surface area contributed by atoms with Crippen LogP contribution < -0.4 is 9.46 Å². The van der Waals surface area contributed by atoms with Crippen LogP contribution >= 0.6 is 0 Å². The summed E-state index contributed by atoms with van der Waals surface area (Å²) in [7, 11) is -0.0460. The van der Waals surface area contributed by atoms with Crippen LogP contribution in [0.15, 0.2) is 64.0 Å². The molecule has 0 bridgehead atoms. The van der Waals surface area contributed by atoms with Gasteiger partial charge in [0.15, 0.2) is 0 Å². The van der Waals surface area contributed by atoms with E-state index in [1.165, 1.54) is 0 Å². The molecular weight excluding hydrogens is 392 g/mol. The van der Waals surface area contributed by atoms with Gasteiger partial charge in [0.05, 0.1) is 18.0 Å². The third-order valence-electron chi connectivity index (χ3n) is 5.00. The van der Waals surface area contributed by atoms with Crippen LogP contribution in [0.5, 0.6) is 5.75 Å². The topological polar surface area (TPSA) is 97.6 Å². The Kier molecular flexibility index (Phi) is 5.35. The van der Waals surface area contributed by atoms with Crippen molar-refractivity contribution in [2.24, 2.45) is 0 Å². The van der Waals surface area contributed by atoms with Crippen LogP contribution in [0.4, 0.5) is 0 Å². The Labute approximate surface area is 169 Å². The van der Waals surface area contributed by atoms with Gasteiger partial charge in [-0.1, -0.05) is 23.4 Å². The second kappa shape index (κ2) is 7.94. The van der Waals surface area contributed by atoms with Crippen molar-refractivity contribution < 1.29 is 17.7 Å². The lowest BCUT2D eigenvalue weighted by Crippen LogP contribution is -2.36. The van der Waals surface area contributed by atoms with E-state index in [4.69, 9.17) is 9.26 Å². The van der Waals surface area contributed by atoms with Crippen molar-refractivity contribution in [1.29, 1.82) is 0 Å². The molecule has 1 saturated heterocycles. The minimum atomic E-state index is -3.57. The molecule has 1 fully saturated rings. The van der Waals surface area contributed by atoms with Crippen molar-refractivity contribution in [3.05, 3.63) is 60.5 Å². The minimum absolute atomic E-state index is 0.155. The fourth-order valence-electron chi connectivity index (χ4n) is 3.49. The zero-order chi connectivity index (χ0) is 20.4. The summed E-state index contributed by atoms with van der Waals surface area (Å²) in [4.78, 5) is 6.79. The van der Waals surface area contributed by atoms with Crippen LogP contribution in [0.3, 0.4) is 0 Å². The van der Waals surface area contributed by atoms with Crippen LogP contribution in [0, 0.1) is 0 Å². The Hall–Kier alpha value is -2.75. The molecule has 8 nitrogen and oxygen atoms in total. The molecule has 4 rings (SSSR count). The quantitative estimate of drug-likeness (QED) is 0.662. The molecule has 0 amide bonds. The molecule has 1 aliphatic rings. The Bertz CT molecular complexity index is 1070. The first-order chi connectivity index (χ1) is 14.0. The standard InChI is InChI=1S/C20H22N4O4S/c1-24-13-15(23-29(25,26)17-6-4-3-5-7-17)12-18(24)20-21-19(22-28-20)14-8-10-16(27-2)11-9-14/h3-11,15,18,23H,12-13H2,1-2H3/t15-,18-/m0/s1. The number of nitrogens with zero attached hydrogens (tertiary/aromatic N) is 3. The van der Waals surface area contributed by atoms with Gasteiger partial charge in [-0.15, -0.1) is 0 Å². The smallest absolute Gasteiger partial charge is 0.244 e. The highest BCUT2D eigenvalue weighted by Gasteiger charge is 2.36. The first kappa shape index (κ1) is 19.6. The van der Waals surface area contributed by atoms with E-state index in [9.17, 15) is 8.42 Å². The number of likely N-dealkylation sites (N-methyl/N-ethyl adjacent to an activating group) is 1. The average molecular weight is 414 g/mol. The summed E-state index contributed by atoms with van der Waals surface area (Å²) < 4.78 is 38.6. The number of nitrogens with one attached hydrogen (secondary N) is 1. The van der Waals surface area contributed by atoms with Crippen molar-refractivity contribution in [1.82, 2.24) is 19.8 Å². The molecule has 0 aliphatic carbocycles. The van der Waals surface area contributed by atoms with E-state index in [2.05, 4.69) is 14.9 Å². The van der Waals surface area contributed by atoms with Gasteiger partial charge in [0.2, 0.25) is 21.7 Å². The predicted octanol–water partition coefficient (Wildman–Crippen LogP) is 2.47. The van der Waals surface area contributed by atoms with Gasteiger partial charge in [-0.05, 0) is 49.9 Å². The first-order valence-electron chi connectivity index (χ1n) is 9.22. The SMILES string of the molecule is COc1ccc(-c2noc([C@@H]3C[C@H](NS(=O)(=O)c4ccccc4)CN3C)n2)cc1. The number of hydrogen-bond donors (Lipinski definition) is 1. The fourth-order valence-corrected chi connectivity index (χ4v) is 4.75. The summed E-state index contributed by atoms with van der Waals surface area (Å²) in [5, 5.41) is 4.08. The molecule has 1 N–H and O–H groups in total. The molecule has 1 aliphatic heterocycles. The summed E-state index contributed by atoms with van der Waals surface area (Å²) in [5.41, 5.74) is 0.822. The Balaban J connectivity index is 1.47. The van der Waals surface area contributed by atoms with Crippen LogP contribution in [0.1, 0.15) is 18.4 Å². The summed E-state index contributed by atoms with van der Waals surface area (Å²) in [6, 6.07) is 15.4. The molecule has 0 unspecified atom stereocenters. The molecule has 152 valence electrons. The lowest BCUT2D eigenvalue weighted by molar-refractivity contribution is 0.244. The maximum atomic E-state index is 12.6. The van der Waals surface area contributed by atoms with Crippen LogP contribution in [0.25, 0.3) is 11.4 Å². The highest BCUT2D eigenvalue weighted by molar-refractivity contribution is 7.89. The molecule has 2 aromatic carbocycles. The monoisotopic (exact) mass is 414 g/mol. The number of hydrogen-bond acceptors (Lipinski definition) is 7. The molecule has 29 heavy (non-hydrogen) atoms. The molecule has 9 heteroatoms. The molecule has 0 radical (unpaired) electrons. The highest BCUT2D eigenvalue weighted by atomic mass is 32.2. The Morgan fingerprint density at radius 2 is 1.86 bits per heavy atom. The minimum Gasteiger partial charge on any atom is -0.497 e. The van der Waals surface area contributed by atoms with E-state index >= 15 is 0 Å². The van der Waals surface area contributed by atoms with Crippen LogP contribution in [0.2, 0.25) is 0 Å². The van der Waals surface area contributed by atoms with Crippen molar-refractivity contribution >= 4 is 10.0 Å². The van der Waals surface area contributed by atoms with Crippen molar-refractivity contribution in [3.8, 4) is 17.1 Å². The van der Waals surface area contributed by atoms with E-state index in [1.54, 1.807) is 37.4 Å². The highest BCUT2D eigenvalue weighted by Crippen LogP contribution is 2.31. The number of rotatable bonds is 6. The van der Waals surface area contributed by atoms with Crippen molar-refractivity contribution in [3.63, 3.8) is 0 Å². The van der Waals surface area contributed by atoms with Gasteiger partial charge in [0, 0.05) is 18.2 Å². The predicted molar refractivity (Wildman–Crippen MR) is 107 cm³/mol. The van der Waals surface area contributed by atoms with Gasteiger partial charge in [-0.25, -0.2) is 13.1 Å². The summed E-state index contributed by atoms with van der Waals surface area (Å²) in [6.45, 7) is 0.553. The molecule has 3 aromatic rings. The second-order valence-electron chi connectivity index (χ2n) is 7.01. The van der Waals surface area contributed by atoms with Gasteiger partial charge in [0.1, 0.15) is 5.75 Å². The molecule has 0 spiro atoms. The van der Waals surface area contributed by atoms with E-state index in [1.807, 2.05) is 36.2 Å². The van der Waals surface area contributed by atoms with Gasteiger partial charge >= 0.3 is 0 Å². The van der Waals surface area contributed by atoms with Crippen molar-refractivity contribution in [2.75, 3.05) is 20.7 Å². The fraction of sp³-hybridized carbons (Fsp3) is 0.300. The summed E-state index contributed by atoms with van der Waals surface area (Å²) >= 11 is 0. The second-order valence-corrected chi connectivity index (χ2v) is 8.72. The maximum Gasteiger partial charge on any atom is 0.244 e. The first-order valence-corrected chi connectivity index (χ1v) is 10.7. The maximum absolute atomic E-state index is 12.6. The van der Waals surface area contributed by atoms with Crippen LogP contribution in [-0.2, 0) is 10.0 Å². The Morgan fingerprint density at radius 1 is 1.14 bits per heavy atom. The third-order valence-corrected chi connectivity index (χ3v) is 6.53. The van der Waals surface area contributed by atoms with Gasteiger partial charge in [-0.2, -0.15) is 4.98 Å². The third kappa shape index (κ3) is 4.16. The largest absolute Gasteiger partial charge is 0.497 e. The lowest BCUT2D eigenvalue weighted by atomic mass is 10.2. The van der Waals surface area contributed by atoms with Gasteiger partial charge in [-0.3, -0.25) is 4.90 Å². The number of aromatic nitrogens is 2. The number of sulfonamides is 1. The van der Waals surface area contributed by atoms with E-state index in [0.717, 1.165) is 11.3 Å². The van der Waals surface area contributed by atoms with Gasteiger partial charge in [0.25, 0.3) is 0 Å². The van der Waals surface area contributed by atoms with Gasteiger partial charge < -0.3 is 9.26 Å². The molecule has 1 aromatic heterocycles. The Morgan fingerprint density at radius 3 is 2.55 bits per heavy atom. The molecule has 2 heterocycles. The average Bonchev–Trinajstić information content (AvgIpc) is 3.35. The zero-order valence-electron chi connectivity index (χ0n) is 16.1. The van der Waals surface area contributed by atoms with Crippen LogP contribution in [-0.4, -0.2) is 50.2 Å². The normalized spacial score (nSPS) is 20.1. The number of methoxy groups -OCH3 is 1. The number of likely N-dealkylation sites (tertiary alicyclic amines) is 1. The molecular formula is C20H22N4O4S.